The lowest BCUT2D eigenvalue weighted by Crippen LogP contribution is -1.95. The molecule has 0 aliphatic heterocycles. The maximum atomic E-state index is 9.84. The molecule has 0 aliphatic carbocycles. The Labute approximate surface area is 64.4 Å². The van der Waals surface area contributed by atoms with Gasteiger partial charge >= 0.3 is 5.97 Å². The highest BCUT2D eigenvalue weighted by Gasteiger charge is 1.81. The van der Waals surface area contributed by atoms with Gasteiger partial charge in [0.1, 0.15) is 0 Å². The zero-order valence-electron chi connectivity index (χ0n) is 5.53. The van der Waals surface area contributed by atoms with E-state index in [0.717, 1.165) is 6.08 Å². The number of thiol groups is 1. The van der Waals surface area contributed by atoms with Crippen molar-refractivity contribution in [2.45, 2.75) is 0 Å². The Hall–Kier alpha value is -0.970. The molecule has 0 aromatic rings. The molecule has 0 aromatic heterocycles. The van der Waals surface area contributed by atoms with Crippen LogP contribution in [0.1, 0.15) is 0 Å². The van der Waals surface area contributed by atoms with Crippen molar-refractivity contribution in [3.63, 3.8) is 0 Å². The van der Waals surface area contributed by atoms with E-state index in [1.165, 1.54) is 7.11 Å². The average molecular weight is 163 g/mol. The van der Waals surface area contributed by atoms with E-state index in [2.05, 4.69) is 29.7 Å². The SMILES string of the molecule is C=CC(=O)OC.NC(=O)S. The maximum Gasteiger partial charge on any atom is 0.329 e. The summed E-state index contributed by atoms with van der Waals surface area (Å²) in [6.07, 6.45) is 1.11. The first kappa shape index (κ1) is 11.8. The van der Waals surface area contributed by atoms with Gasteiger partial charge in [-0.05, 0) is 0 Å². The van der Waals surface area contributed by atoms with E-state index in [0.29, 0.717) is 0 Å². The predicted molar refractivity (Wildman–Crippen MR) is 40.8 cm³/mol. The van der Waals surface area contributed by atoms with Crippen LogP contribution in [-0.2, 0) is 9.53 Å². The van der Waals surface area contributed by atoms with Crippen molar-refractivity contribution < 1.29 is 14.3 Å². The van der Waals surface area contributed by atoms with Crippen molar-refractivity contribution in [1.82, 2.24) is 0 Å². The summed E-state index contributed by atoms with van der Waals surface area (Å²) in [7, 11) is 1.31. The number of nitrogens with two attached hydrogens (primary N) is 1. The lowest BCUT2D eigenvalue weighted by Gasteiger charge is -1.83. The van der Waals surface area contributed by atoms with E-state index in [-0.39, 0.29) is 0 Å². The number of rotatable bonds is 1. The lowest BCUT2D eigenvalue weighted by atomic mass is 10.7. The van der Waals surface area contributed by atoms with Crippen LogP contribution in [0.15, 0.2) is 12.7 Å². The van der Waals surface area contributed by atoms with Gasteiger partial charge in [-0.1, -0.05) is 19.2 Å². The Morgan fingerprint density at radius 2 is 2.00 bits per heavy atom. The van der Waals surface area contributed by atoms with Crippen molar-refractivity contribution in [1.29, 1.82) is 0 Å². The van der Waals surface area contributed by atoms with E-state index in [9.17, 15) is 4.79 Å². The molecule has 0 spiro atoms. The van der Waals surface area contributed by atoms with Crippen molar-refractivity contribution in [3.8, 4) is 0 Å². The third-order valence-electron chi connectivity index (χ3n) is 0.368. The summed E-state index contributed by atoms with van der Waals surface area (Å²) < 4.78 is 4.14. The second-order valence-electron chi connectivity index (χ2n) is 1.07. The number of esters is 1. The Morgan fingerprint density at radius 3 is 2.00 bits per heavy atom. The van der Waals surface area contributed by atoms with Gasteiger partial charge in [0, 0.05) is 6.08 Å². The van der Waals surface area contributed by atoms with Crippen LogP contribution < -0.4 is 5.73 Å². The molecule has 4 nitrogen and oxygen atoms in total. The van der Waals surface area contributed by atoms with Gasteiger partial charge in [-0.25, -0.2) is 4.79 Å². The number of hydrogen-bond donors (Lipinski definition) is 2. The van der Waals surface area contributed by atoms with Crippen LogP contribution in [0.4, 0.5) is 4.79 Å². The van der Waals surface area contributed by atoms with Gasteiger partial charge < -0.3 is 10.5 Å². The molecule has 0 fully saturated rings. The molecule has 0 atom stereocenters. The van der Waals surface area contributed by atoms with E-state index < -0.39 is 11.2 Å². The monoisotopic (exact) mass is 163 g/mol. The van der Waals surface area contributed by atoms with Gasteiger partial charge in [-0.2, -0.15) is 0 Å². The smallest absolute Gasteiger partial charge is 0.329 e. The molecule has 0 heterocycles. The number of carbonyl (C=O) groups excluding carboxylic acids is 2. The van der Waals surface area contributed by atoms with Crippen molar-refractivity contribution in [2.24, 2.45) is 5.73 Å². The van der Waals surface area contributed by atoms with Crippen LogP contribution >= 0.6 is 12.6 Å². The third kappa shape index (κ3) is 27.8. The summed E-state index contributed by atoms with van der Waals surface area (Å²) in [5.41, 5.74) is 4.34. The Kier molecular flexibility index (Phi) is 9.46. The zero-order chi connectivity index (χ0) is 8.57. The van der Waals surface area contributed by atoms with Gasteiger partial charge in [-0.3, -0.25) is 4.79 Å². The molecule has 10 heavy (non-hydrogen) atoms. The van der Waals surface area contributed by atoms with Gasteiger partial charge in [-0.15, -0.1) is 0 Å². The predicted octanol–water partition coefficient (Wildman–Crippen LogP) is 0.340. The largest absolute Gasteiger partial charge is 0.466 e. The summed E-state index contributed by atoms with van der Waals surface area (Å²) in [6, 6.07) is 0. The van der Waals surface area contributed by atoms with Crippen molar-refractivity contribution in [3.05, 3.63) is 12.7 Å². The topological polar surface area (TPSA) is 69.4 Å². The molecule has 0 aliphatic rings. The van der Waals surface area contributed by atoms with Crippen LogP contribution in [0.3, 0.4) is 0 Å². The first-order valence-electron chi connectivity index (χ1n) is 2.23. The minimum Gasteiger partial charge on any atom is -0.466 e. The normalized spacial score (nSPS) is 6.60. The number of hydrogen-bond acceptors (Lipinski definition) is 3. The first-order chi connectivity index (χ1) is 4.54. The summed E-state index contributed by atoms with van der Waals surface area (Å²) >= 11 is 3.10. The van der Waals surface area contributed by atoms with Crippen LogP contribution in [0, 0.1) is 0 Å². The second kappa shape index (κ2) is 8.03. The van der Waals surface area contributed by atoms with Crippen LogP contribution in [0.2, 0.25) is 0 Å². The highest BCUT2D eigenvalue weighted by Crippen LogP contribution is 1.67. The molecule has 2 N–H and O–H groups in total. The summed E-state index contributed by atoms with van der Waals surface area (Å²) in [6.45, 7) is 3.16. The molecule has 0 aromatic carbocycles. The van der Waals surface area contributed by atoms with E-state index >= 15 is 0 Å². The fourth-order valence-electron chi connectivity index (χ4n) is 0.0833. The molecule has 1 amide bonds. The molecule has 0 saturated heterocycles. The van der Waals surface area contributed by atoms with Crippen LogP contribution in [0.5, 0.6) is 0 Å². The van der Waals surface area contributed by atoms with Crippen molar-refractivity contribution >= 4 is 23.8 Å². The van der Waals surface area contributed by atoms with E-state index in [4.69, 9.17) is 4.79 Å². The molecule has 0 radical (unpaired) electrons. The molecule has 0 unspecified atom stereocenters. The number of amides is 1. The second-order valence-corrected chi connectivity index (χ2v) is 1.51. The van der Waals surface area contributed by atoms with E-state index in [1.54, 1.807) is 0 Å². The first-order valence-corrected chi connectivity index (χ1v) is 2.68. The minimum absolute atomic E-state index is 0.394. The highest BCUT2D eigenvalue weighted by atomic mass is 32.1. The van der Waals surface area contributed by atoms with Gasteiger partial charge in [0.25, 0.3) is 5.24 Å². The van der Waals surface area contributed by atoms with Gasteiger partial charge in [0.2, 0.25) is 0 Å². The summed E-state index contributed by atoms with van der Waals surface area (Å²) in [5.74, 6) is -0.394. The number of methoxy groups -OCH3 is 1. The van der Waals surface area contributed by atoms with Crippen molar-refractivity contribution in [2.75, 3.05) is 7.11 Å². The average Bonchev–Trinajstić information content (AvgIpc) is 1.85. The summed E-state index contributed by atoms with van der Waals surface area (Å²) in [4.78, 5) is 18.9. The van der Waals surface area contributed by atoms with Gasteiger partial charge in [0.15, 0.2) is 0 Å². The van der Waals surface area contributed by atoms with E-state index in [1.807, 2.05) is 0 Å². The minimum atomic E-state index is -0.639. The Morgan fingerprint density at radius 1 is 1.70 bits per heavy atom. The number of primary amides is 1. The standard InChI is InChI=1S/C4H6O2.CH3NOS/c1-3-4(5)6-2;2-1(3)4/h3H,1H2,2H3;(H3,2,3,4). The highest BCUT2D eigenvalue weighted by molar-refractivity contribution is 7.96. The number of carbonyl (C=O) groups is 2. The number of ether oxygens (including phenoxy) is 1. The maximum absolute atomic E-state index is 9.84. The molecule has 0 saturated carbocycles. The van der Waals surface area contributed by atoms with Crippen LogP contribution in [0.25, 0.3) is 0 Å². The third-order valence-corrected chi connectivity index (χ3v) is 0.368. The Bertz CT molecular complexity index is 131. The summed E-state index contributed by atoms with van der Waals surface area (Å²) in [5, 5.41) is -0.639. The molecule has 0 rings (SSSR count). The Balaban J connectivity index is 0. The molecule has 0 bridgehead atoms. The molecular weight excluding hydrogens is 154 g/mol. The fraction of sp³-hybridized carbons (Fsp3) is 0.200. The van der Waals surface area contributed by atoms with Gasteiger partial charge in [0.05, 0.1) is 7.11 Å². The molecule has 58 valence electrons. The lowest BCUT2D eigenvalue weighted by molar-refractivity contribution is -0.134. The van der Waals surface area contributed by atoms with Crippen LogP contribution in [-0.4, -0.2) is 18.3 Å². The quantitative estimate of drug-likeness (QED) is 0.332. The molecule has 5 heteroatoms. The zero-order valence-corrected chi connectivity index (χ0v) is 6.43. The fourth-order valence-corrected chi connectivity index (χ4v) is 0.0833. The molecular formula is C5H9NO3S.